The van der Waals surface area contributed by atoms with Crippen molar-refractivity contribution in [3.8, 4) is 5.75 Å². The quantitative estimate of drug-likeness (QED) is 0.804. The SMILES string of the molecule is CC1(C)CCN(Cc2ccc(O)cn2)C1. The van der Waals surface area contributed by atoms with E-state index >= 15 is 0 Å². The minimum Gasteiger partial charge on any atom is -0.506 e. The Balaban J connectivity index is 1.96. The largest absolute Gasteiger partial charge is 0.506 e. The van der Waals surface area contributed by atoms with E-state index in [9.17, 15) is 0 Å². The summed E-state index contributed by atoms with van der Waals surface area (Å²) in [5.74, 6) is 0.237. The van der Waals surface area contributed by atoms with Gasteiger partial charge in [0.25, 0.3) is 0 Å². The summed E-state index contributed by atoms with van der Waals surface area (Å²) in [6, 6.07) is 3.59. The summed E-state index contributed by atoms with van der Waals surface area (Å²) in [6.45, 7) is 7.78. The lowest BCUT2D eigenvalue weighted by Crippen LogP contribution is -2.23. The molecule has 0 amide bonds. The van der Waals surface area contributed by atoms with E-state index in [1.54, 1.807) is 6.07 Å². The molecule has 0 aliphatic carbocycles. The van der Waals surface area contributed by atoms with Crippen LogP contribution in [0.2, 0.25) is 0 Å². The van der Waals surface area contributed by atoms with E-state index in [-0.39, 0.29) is 5.75 Å². The molecule has 2 heterocycles. The Kier molecular flexibility index (Phi) is 2.65. The number of hydrogen-bond donors (Lipinski definition) is 1. The fourth-order valence-corrected chi connectivity index (χ4v) is 2.10. The summed E-state index contributed by atoms with van der Waals surface area (Å²) in [5, 5.41) is 9.12. The van der Waals surface area contributed by atoms with Gasteiger partial charge in [-0.3, -0.25) is 9.88 Å². The van der Waals surface area contributed by atoms with Gasteiger partial charge in [-0.15, -0.1) is 0 Å². The molecule has 0 saturated carbocycles. The second kappa shape index (κ2) is 3.81. The first kappa shape index (κ1) is 10.4. The molecular formula is C12H18N2O. The van der Waals surface area contributed by atoms with Gasteiger partial charge in [0.05, 0.1) is 11.9 Å². The molecule has 3 nitrogen and oxygen atoms in total. The molecule has 1 aliphatic rings. The summed E-state index contributed by atoms with van der Waals surface area (Å²) >= 11 is 0. The average Bonchev–Trinajstić information content (AvgIpc) is 2.50. The lowest BCUT2D eigenvalue weighted by atomic mass is 9.93. The van der Waals surface area contributed by atoms with Gasteiger partial charge in [0, 0.05) is 13.1 Å². The van der Waals surface area contributed by atoms with Crippen LogP contribution in [0.1, 0.15) is 26.0 Å². The van der Waals surface area contributed by atoms with Gasteiger partial charge in [-0.05, 0) is 30.5 Å². The third-order valence-electron chi connectivity index (χ3n) is 2.95. The molecule has 3 heteroatoms. The van der Waals surface area contributed by atoms with E-state index < -0.39 is 0 Å². The van der Waals surface area contributed by atoms with E-state index in [0.717, 1.165) is 25.3 Å². The topological polar surface area (TPSA) is 36.4 Å². The number of rotatable bonds is 2. The van der Waals surface area contributed by atoms with E-state index in [1.165, 1.54) is 12.6 Å². The fourth-order valence-electron chi connectivity index (χ4n) is 2.10. The zero-order valence-electron chi connectivity index (χ0n) is 9.40. The summed E-state index contributed by atoms with van der Waals surface area (Å²) in [4.78, 5) is 6.61. The average molecular weight is 206 g/mol. The Morgan fingerprint density at radius 2 is 2.27 bits per heavy atom. The molecule has 1 N–H and O–H groups in total. The highest BCUT2D eigenvalue weighted by Crippen LogP contribution is 2.29. The predicted molar refractivity (Wildman–Crippen MR) is 59.6 cm³/mol. The van der Waals surface area contributed by atoms with Crippen molar-refractivity contribution in [3.05, 3.63) is 24.0 Å². The second-order valence-corrected chi connectivity index (χ2v) is 5.13. The van der Waals surface area contributed by atoms with Crippen LogP contribution in [-0.4, -0.2) is 28.1 Å². The second-order valence-electron chi connectivity index (χ2n) is 5.13. The Labute approximate surface area is 90.8 Å². The minimum atomic E-state index is 0.237. The summed E-state index contributed by atoms with van der Waals surface area (Å²) < 4.78 is 0. The first-order valence-corrected chi connectivity index (χ1v) is 5.41. The number of pyridine rings is 1. The van der Waals surface area contributed by atoms with Gasteiger partial charge in [0.2, 0.25) is 0 Å². The van der Waals surface area contributed by atoms with Gasteiger partial charge in [-0.1, -0.05) is 13.8 Å². The predicted octanol–water partition coefficient (Wildman–Crippen LogP) is 2.02. The molecule has 0 bridgehead atoms. The van der Waals surface area contributed by atoms with Crippen LogP contribution in [0.4, 0.5) is 0 Å². The number of aromatic hydroxyl groups is 1. The zero-order valence-corrected chi connectivity index (χ0v) is 9.40. The number of likely N-dealkylation sites (tertiary alicyclic amines) is 1. The number of nitrogens with zero attached hydrogens (tertiary/aromatic N) is 2. The first-order valence-electron chi connectivity index (χ1n) is 5.41. The Morgan fingerprint density at radius 1 is 1.47 bits per heavy atom. The van der Waals surface area contributed by atoms with Gasteiger partial charge in [0.1, 0.15) is 5.75 Å². The molecule has 1 fully saturated rings. The van der Waals surface area contributed by atoms with Crippen LogP contribution in [0.5, 0.6) is 5.75 Å². The highest BCUT2D eigenvalue weighted by atomic mass is 16.3. The van der Waals surface area contributed by atoms with Crippen molar-refractivity contribution < 1.29 is 5.11 Å². The van der Waals surface area contributed by atoms with Crippen molar-refractivity contribution in [2.45, 2.75) is 26.8 Å². The van der Waals surface area contributed by atoms with Crippen LogP contribution in [0.15, 0.2) is 18.3 Å². The summed E-state index contributed by atoms with van der Waals surface area (Å²) in [5.41, 5.74) is 1.47. The van der Waals surface area contributed by atoms with E-state index in [0.29, 0.717) is 5.41 Å². The van der Waals surface area contributed by atoms with Crippen molar-refractivity contribution in [2.24, 2.45) is 5.41 Å². The molecule has 0 unspecified atom stereocenters. The molecule has 82 valence electrons. The number of aromatic nitrogens is 1. The maximum atomic E-state index is 9.12. The van der Waals surface area contributed by atoms with Gasteiger partial charge in [-0.25, -0.2) is 0 Å². The zero-order chi connectivity index (χ0) is 10.9. The Hall–Kier alpha value is -1.09. The highest BCUT2D eigenvalue weighted by Gasteiger charge is 2.28. The molecule has 1 aromatic heterocycles. The van der Waals surface area contributed by atoms with Gasteiger partial charge >= 0.3 is 0 Å². The van der Waals surface area contributed by atoms with Crippen LogP contribution in [0.3, 0.4) is 0 Å². The minimum absolute atomic E-state index is 0.237. The van der Waals surface area contributed by atoms with Gasteiger partial charge < -0.3 is 5.11 Å². The molecule has 1 aliphatic heterocycles. The third kappa shape index (κ3) is 2.69. The van der Waals surface area contributed by atoms with E-state index in [1.807, 2.05) is 6.07 Å². The van der Waals surface area contributed by atoms with Crippen LogP contribution < -0.4 is 0 Å². The lowest BCUT2D eigenvalue weighted by molar-refractivity contribution is 0.281. The molecule has 0 spiro atoms. The van der Waals surface area contributed by atoms with Crippen LogP contribution in [-0.2, 0) is 6.54 Å². The molecule has 15 heavy (non-hydrogen) atoms. The van der Waals surface area contributed by atoms with Crippen molar-refractivity contribution in [1.29, 1.82) is 0 Å². The maximum absolute atomic E-state index is 9.12. The highest BCUT2D eigenvalue weighted by molar-refractivity contribution is 5.17. The maximum Gasteiger partial charge on any atom is 0.133 e. The molecule has 1 aromatic rings. The van der Waals surface area contributed by atoms with E-state index in [4.69, 9.17) is 5.11 Å². The van der Waals surface area contributed by atoms with Crippen molar-refractivity contribution >= 4 is 0 Å². The fraction of sp³-hybridized carbons (Fsp3) is 0.583. The third-order valence-corrected chi connectivity index (χ3v) is 2.95. The molecular weight excluding hydrogens is 188 g/mol. The van der Waals surface area contributed by atoms with Crippen LogP contribution in [0, 0.1) is 5.41 Å². The van der Waals surface area contributed by atoms with Crippen molar-refractivity contribution in [1.82, 2.24) is 9.88 Å². The van der Waals surface area contributed by atoms with Crippen molar-refractivity contribution in [3.63, 3.8) is 0 Å². The molecule has 0 atom stereocenters. The van der Waals surface area contributed by atoms with Crippen LogP contribution >= 0.6 is 0 Å². The van der Waals surface area contributed by atoms with Gasteiger partial charge in [-0.2, -0.15) is 0 Å². The number of hydrogen-bond acceptors (Lipinski definition) is 3. The normalized spacial score (nSPS) is 20.7. The molecule has 1 saturated heterocycles. The first-order chi connectivity index (χ1) is 7.05. The Morgan fingerprint density at radius 3 is 2.80 bits per heavy atom. The lowest BCUT2D eigenvalue weighted by Gasteiger charge is -2.19. The Bertz CT molecular complexity index is 332. The molecule has 2 rings (SSSR count). The van der Waals surface area contributed by atoms with Crippen molar-refractivity contribution in [2.75, 3.05) is 13.1 Å². The smallest absolute Gasteiger partial charge is 0.133 e. The standard InChI is InChI=1S/C12H18N2O/c1-12(2)5-6-14(9-12)8-10-3-4-11(15)7-13-10/h3-4,7,15H,5-6,8-9H2,1-2H3. The molecule has 0 radical (unpaired) electrons. The summed E-state index contributed by atoms with van der Waals surface area (Å²) in [7, 11) is 0. The van der Waals surface area contributed by atoms with Gasteiger partial charge in [0.15, 0.2) is 0 Å². The van der Waals surface area contributed by atoms with E-state index in [2.05, 4.69) is 23.7 Å². The summed E-state index contributed by atoms with van der Waals surface area (Å²) in [6.07, 6.45) is 2.77. The molecule has 0 aromatic carbocycles. The van der Waals surface area contributed by atoms with Crippen LogP contribution in [0.25, 0.3) is 0 Å². The monoisotopic (exact) mass is 206 g/mol.